The molecule has 0 radical (unpaired) electrons. The van der Waals surface area contributed by atoms with Crippen LogP contribution < -0.4 is 5.32 Å². The summed E-state index contributed by atoms with van der Waals surface area (Å²) >= 11 is 0. The van der Waals surface area contributed by atoms with Gasteiger partial charge < -0.3 is 10.1 Å². The van der Waals surface area contributed by atoms with E-state index >= 15 is 0 Å². The molecular formula is C15H30N2O. The normalized spacial score (nSPS) is 34.5. The van der Waals surface area contributed by atoms with E-state index in [-0.39, 0.29) is 0 Å². The average molecular weight is 254 g/mol. The minimum absolute atomic E-state index is 0.581. The van der Waals surface area contributed by atoms with Crippen LogP contribution in [0.25, 0.3) is 0 Å². The van der Waals surface area contributed by atoms with Gasteiger partial charge in [-0.05, 0) is 45.6 Å². The first-order chi connectivity index (χ1) is 8.76. The molecule has 2 fully saturated rings. The highest BCUT2D eigenvalue weighted by atomic mass is 16.5. The van der Waals surface area contributed by atoms with Crippen molar-refractivity contribution < 1.29 is 4.74 Å². The maximum absolute atomic E-state index is 5.36. The van der Waals surface area contributed by atoms with Crippen LogP contribution >= 0.6 is 0 Å². The number of fused-ring (bicyclic) bond motifs is 2. The lowest BCUT2D eigenvalue weighted by Gasteiger charge is -2.51. The van der Waals surface area contributed by atoms with Crippen LogP contribution in [0.15, 0.2) is 0 Å². The number of ether oxygens (including phenoxy) is 1. The molecule has 2 saturated heterocycles. The molecule has 2 aliphatic rings. The highest BCUT2D eigenvalue weighted by Gasteiger charge is 2.39. The first-order valence-corrected chi connectivity index (χ1v) is 7.76. The molecule has 1 N–H and O–H groups in total. The summed E-state index contributed by atoms with van der Waals surface area (Å²) in [6.45, 7) is 6.63. The van der Waals surface area contributed by atoms with Gasteiger partial charge >= 0.3 is 0 Å². The van der Waals surface area contributed by atoms with Crippen molar-refractivity contribution in [1.29, 1.82) is 0 Å². The molecular weight excluding hydrogens is 224 g/mol. The SMILES string of the molecule is CCCNC1CC2CCCC(C1)N2C(C)COC. The lowest BCUT2D eigenvalue weighted by molar-refractivity contribution is -0.0283. The topological polar surface area (TPSA) is 24.5 Å². The third kappa shape index (κ3) is 3.25. The highest BCUT2D eigenvalue weighted by Crippen LogP contribution is 2.35. The first kappa shape index (κ1) is 14.3. The van der Waals surface area contributed by atoms with Crippen LogP contribution in [0.2, 0.25) is 0 Å². The zero-order valence-electron chi connectivity index (χ0n) is 12.3. The Morgan fingerprint density at radius 1 is 1.28 bits per heavy atom. The molecule has 0 aromatic rings. The fourth-order valence-corrected chi connectivity index (χ4v) is 3.98. The molecule has 0 aliphatic carbocycles. The number of piperidine rings is 2. The summed E-state index contributed by atoms with van der Waals surface area (Å²) in [6.07, 6.45) is 8.11. The quantitative estimate of drug-likeness (QED) is 0.788. The molecule has 0 spiro atoms. The zero-order valence-corrected chi connectivity index (χ0v) is 12.3. The summed E-state index contributed by atoms with van der Waals surface area (Å²) in [5.41, 5.74) is 0. The third-order valence-corrected chi connectivity index (χ3v) is 4.63. The van der Waals surface area contributed by atoms with E-state index in [1.54, 1.807) is 0 Å². The van der Waals surface area contributed by atoms with Crippen molar-refractivity contribution in [2.75, 3.05) is 20.3 Å². The van der Waals surface area contributed by atoms with Gasteiger partial charge in [-0.3, -0.25) is 4.90 Å². The van der Waals surface area contributed by atoms with Crippen molar-refractivity contribution in [1.82, 2.24) is 10.2 Å². The minimum atomic E-state index is 0.581. The fraction of sp³-hybridized carbons (Fsp3) is 1.00. The molecule has 106 valence electrons. The fourth-order valence-electron chi connectivity index (χ4n) is 3.98. The van der Waals surface area contributed by atoms with Gasteiger partial charge in [-0.2, -0.15) is 0 Å². The standard InChI is InChI=1S/C15H30N2O/c1-4-8-16-13-9-14-6-5-7-15(10-13)17(14)12(2)11-18-3/h12-16H,4-11H2,1-3H3. The van der Waals surface area contributed by atoms with Crippen LogP contribution in [-0.2, 0) is 4.74 Å². The molecule has 2 rings (SSSR count). The Labute approximate surface area is 112 Å². The molecule has 3 nitrogen and oxygen atoms in total. The maximum Gasteiger partial charge on any atom is 0.0615 e. The largest absolute Gasteiger partial charge is 0.383 e. The van der Waals surface area contributed by atoms with Crippen LogP contribution in [0, 0.1) is 0 Å². The highest BCUT2D eigenvalue weighted by molar-refractivity contribution is 4.96. The lowest BCUT2D eigenvalue weighted by Crippen LogP contribution is -2.59. The third-order valence-electron chi connectivity index (χ3n) is 4.63. The zero-order chi connectivity index (χ0) is 13.0. The van der Waals surface area contributed by atoms with Crippen LogP contribution in [0.1, 0.15) is 52.4 Å². The molecule has 3 heteroatoms. The van der Waals surface area contributed by atoms with Crippen molar-refractivity contribution >= 4 is 0 Å². The van der Waals surface area contributed by atoms with Crippen molar-refractivity contribution in [2.45, 2.75) is 76.5 Å². The van der Waals surface area contributed by atoms with E-state index in [1.165, 1.54) is 45.1 Å². The van der Waals surface area contributed by atoms with Gasteiger partial charge in [0.2, 0.25) is 0 Å². The Kier molecular flexibility index (Phi) is 5.46. The van der Waals surface area contributed by atoms with Gasteiger partial charge in [-0.15, -0.1) is 0 Å². The number of nitrogens with one attached hydrogen (secondary N) is 1. The second-order valence-corrected chi connectivity index (χ2v) is 6.11. The smallest absolute Gasteiger partial charge is 0.0615 e. The minimum Gasteiger partial charge on any atom is -0.383 e. The van der Waals surface area contributed by atoms with Gasteiger partial charge in [0.15, 0.2) is 0 Å². The van der Waals surface area contributed by atoms with Gasteiger partial charge in [0.05, 0.1) is 6.61 Å². The molecule has 18 heavy (non-hydrogen) atoms. The Balaban J connectivity index is 1.94. The summed E-state index contributed by atoms with van der Waals surface area (Å²) < 4.78 is 5.36. The number of hydrogen-bond acceptors (Lipinski definition) is 3. The van der Waals surface area contributed by atoms with Gasteiger partial charge in [0.25, 0.3) is 0 Å². The van der Waals surface area contributed by atoms with Crippen LogP contribution in [-0.4, -0.2) is 49.3 Å². The van der Waals surface area contributed by atoms with E-state index in [4.69, 9.17) is 4.74 Å². The van der Waals surface area contributed by atoms with Crippen LogP contribution in [0.4, 0.5) is 0 Å². The summed E-state index contributed by atoms with van der Waals surface area (Å²) in [5, 5.41) is 3.73. The van der Waals surface area contributed by atoms with E-state index in [9.17, 15) is 0 Å². The van der Waals surface area contributed by atoms with Gasteiger partial charge in [-0.1, -0.05) is 13.3 Å². The molecule has 3 unspecified atom stereocenters. The Morgan fingerprint density at radius 2 is 1.94 bits per heavy atom. The summed E-state index contributed by atoms with van der Waals surface area (Å²) in [5.74, 6) is 0. The predicted molar refractivity (Wildman–Crippen MR) is 75.9 cm³/mol. The number of nitrogens with zero attached hydrogens (tertiary/aromatic N) is 1. The van der Waals surface area contributed by atoms with Gasteiger partial charge in [0, 0.05) is 31.3 Å². The second kappa shape index (κ2) is 6.88. The Morgan fingerprint density at radius 3 is 2.50 bits per heavy atom. The Hall–Kier alpha value is -0.120. The summed E-state index contributed by atoms with van der Waals surface area (Å²) in [6, 6.07) is 2.91. The van der Waals surface area contributed by atoms with Gasteiger partial charge in [-0.25, -0.2) is 0 Å². The number of rotatable bonds is 6. The van der Waals surface area contributed by atoms with Gasteiger partial charge in [0.1, 0.15) is 0 Å². The van der Waals surface area contributed by atoms with Crippen molar-refractivity contribution in [3.05, 3.63) is 0 Å². The molecule has 2 heterocycles. The average Bonchev–Trinajstić information content (AvgIpc) is 2.35. The summed E-state index contributed by atoms with van der Waals surface area (Å²) in [7, 11) is 1.82. The predicted octanol–water partition coefficient (Wildman–Crippen LogP) is 2.41. The van der Waals surface area contributed by atoms with Crippen LogP contribution in [0.3, 0.4) is 0 Å². The summed E-state index contributed by atoms with van der Waals surface area (Å²) in [4.78, 5) is 2.76. The lowest BCUT2D eigenvalue weighted by atomic mass is 9.80. The molecule has 0 aromatic heterocycles. The van der Waals surface area contributed by atoms with Crippen molar-refractivity contribution in [3.63, 3.8) is 0 Å². The molecule has 2 aliphatic heterocycles. The molecule has 0 aromatic carbocycles. The second-order valence-electron chi connectivity index (χ2n) is 6.11. The Bertz CT molecular complexity index is 233. The first-order valence-electron chi connectivity index (χ1n) is 7.76. The molecule has 0 saturated carbocycles. The van der Waals surface area contributed by atoms with E-state index < -0.39 is 0 Å². The molecule has 3 atom stereocenters. The van der Waals surface area contributed by atoms with Crippen LogP contribution in [0.5, 0.6) is 0 Å². The monoisotopic (exact) mass is 254 g/mol. The van der Waals surface area contributed by atoms with Crippen molar-refractivity contribution in [3.8, 4) is 0 Å². The number of methoxy groups -OCH3 is 1. The van der Waals surface area contributed by atoms with E-state index in [2.05, 4.69) is 24.1 Å². The van der Waals surface area contributed by atoms with Crippen molar-refractivity contribution in [2.24, 2.45) is 0 Å². The molecule has 2 bridgehead atoms. The van der Waals surface area contributed by atoms with E-state index in [0.29, 0.717) is 6.04 Å². The maximum atomic E-state index is 5.36. The van der Waals surface area contributed by atoms with E-state index in [0.717, 1.165) is 24.7 Å². The van der Waals surface area contributed by atoms with E-state index in [1.807, 2.05) is 7.11 Å². The number of hydrogen-bond donors (Lipinski definition) is 1. The molecule has 0 amide bonds.